The van der Waals surface area contributed by atoms with E-state index in [1.54, 1.807) is 0 Å². The number of hydrogen-bond acceptors (Lipinski definition) is 5. The summed E-state index contributed by atoms with van der Waals surface area (Å²) in [5.74, 6) is 2.56. The van der Waals surface area contributed by atoms with Crippen molar-refractivity contribution in [1.29, 1.82) is 0 Å². The molecule has 4 bridgehead atoms. The highest BCUT2D eigenvalue weighted by Gasteiger charge is 2.81. The normalized spacial score (nSPS) is 54.6. The topological polar surface area (TPSA) is 57.3 Å². The summed E-state index contributed by atoms with van der Waals surface area (Å²) >= 11 is 0. The lowest BCUT2D eigenvalue weighted by Gasteiger charge is -2.58. The van der Waals surface area contributed by atoms with Crippen molar-refractivity contribution in [1.82, 2.24) is 0 Å². The Labute approximate surface area is 223 Å². The highest BCUT2D eigenvalue weighted by molar-refractivity contribution is 5.66. The predicted molar refractivity (Wildman–Crippen MR) is 143 cm³/mol. The second-order valence-corrected chi connectivity index (χ2v) is 14.5. The minimum absolute atomic E-state index is 0.0455. The molecular weight excluding hydrogens is 464 g/mol. The number of allylic oxidation sites excluding steroid dienone is 3. The van der Waals surface area contributed by atoms with Gasteiger partial charge in [-0.3, -0.25) is 4.79 Å². The lowest BCUT2D eigenvalue weighted by Crippen LogP contribution is -2.63. The number of ether oxygens (including phenoxy) is 4. The average molecular weight is 513 g/mol. The van der Waals surface area contributed by atoms with Gasteiger partial charge in [-0.2, -0.15) is 0 Å². The van der Waals surface area contributed by atoms with Crippen LogP contribution in [0.3, 0.4) is 0 Å². The minimum atomic E-state index is -0.239. The molecule has 206 valence electrons. The monoisotopic (exact) mass is 512 g/mol. The number of fused-ring (bicyclic) bond motifs is 6. The molecule has 7 aliphatic rings. The molecule has 2 saturated carbocycles. The van der Waals surface area contributed by atoms with Gasteiger partial charge in [0.05, 0.1) is 24.6 Å². The van der Waals surface area contributed by atoms with E-state index in [4.69, 9.17) is 18.9 Å². The van der Waals surface area contributed by atoms with Gasteiger partial charge in [0, 0.05) is 35.5 Å². The van der Waals surface area contributed by atoms with E-state index in [-0.39, 0.29) is 40.7 Å². The van der Waals surface area contributed by atoms with Crippen LogP contribution in [0.1, 0.15) is 100 Å². The van der Waals surface area contributed by atoms with Crippen molar-refractivity contribution in [3.63, 3.8) is 0 Å². The summed E-state index contributed by atoms with van der Waals surface area (Å²) in [5.41, 5.74) is 1.79. The lowest BCUT2D eigenvalue weighted by molar-refractivity contribution is -0.210. The van der Waals surface area contributed by atoms with Crippen LogP contribution in [0.4, 0.5) is 0 Å². The van der Waals surface area contributed by atoms with Crippen LogP contribution in [0.15, 0.2) is 23.5 Å². The van der Waals surface area contributed by atoms with Crippen molar-refractivity contribution in [3.05, 3.63) is 23.5 Å². The highest BCUT2D eigenvalue weighted by atomic mass is 16.6. The molecule has 5 heteroatoms. The van der Waals surface area contributed by atoms with Crippen LogP contribution in [-0.2, 0) is 23.7 Å². The van der Waals surface area contributed by atoms with Gasteiger partial charge >= 0.3 is 5.97 Å². The maximum Gasteiger partial charge on any atom is 0.302 e. The summed E-state index contributed by atoms with van der Waals surface area (Å²) in [4.78, 5) is 11.6. The molecule has 0 N–H and O–H groups in total. The van der Waals surface area contributed by atoms with Crippen LogP contribution in [-0.4, -0.2) is 42.6 Å². The Morgan fingerprint density at radius 2 is 1.76 bits per heavy atom. The second kappa shape index (κ2) is 8.10. The van der Waals surface area contributed by atoms with E-state index in [2.05, 4.69) is 60.6 Å². The number of carbonyl (C=O) groups is 1. The molecule has 5 nitrogen and oxygen atoms in total. The Kier molecular flexibility index (Phi) is 5.67. The van der Waals surface area contributed by atoms with Crippen LogP contribution in [0, 0.1) is 33.5 Å². The van der Waals surface area contributed by atoms with Crippen molar-refractivity contribution < 1.29 is 23.7 Å². The molecule has 1 spiro atoms. The van der Waals surface area contributed by atoms with Gasteiger partial charge in [0.2, 0.25) is 0 Å². The molecule has 3 aliphatic heterocycles. The van der Waals surface area contributed by atoms with E-state index in [0.29, 0.717) is 22.9 Å². The smallest absolute Gasteiger partial charge is 0.302 e. The van der Waals surface area contributed by atoms with Crippen LogP contribution in [0.25, 0.3) is 0 Å². The Morgan fingerprint density at radius 3 is 2.43 bits per heavy atom. The van der Waals surface area contributed by atoms with E-state index in [1.807, 2.05) is 0 Å². The first-order chi connectivity index (χ1) is 17.3. The summed E-state index contributed by atoms with van der Waals surface area (Å²) in [6, 6.07) is 0. The first kappa shape index (κ1) is 25.9. The van der Waals surface area contributed by atoms with Gasteiger partial charge in [-0.15, -0.1) is 0 Å². The van der Waals surface area contributed by atoms with Crippen molar-refractivity contribution >= 4 is 5.97 Å². The zero-order valence-electron chi connectivity index (χ0n) is 24.3. The summed E-state index contributed by atoms with van der Waals surface area (Å²) in [7, 11) is 0. The Hall–Kier alpha value is -1.33. The maximum atomic E-state index is 11.6. The molecule has 0 aromatic carbocycles. The molecular formula is C32H48O5. The van der Waals surface area contributed by atoms with Crippen molar-refractivity contribution in [3.8, 4) is 0 Å². The van der Waals surface area contributed by atoms with E-state index in [1.165, 1.54) is 43.9 Å². The number of rotatable bonds is 1. The zero-order valence-corrected chi connectivity index (χ0v) is 24.3. The Balaban J connectivity index is 0.000000141. The third kappa shape index (κ3) is 3.25. The Morgan fingerprint density at radius 1 is 1.03 bits per heavy atom. The van der Waals surface area contributed by atoms with E-state index in [9.17, 15) is 4.79 Å². The SMILES string of the molecule is CC(=O)OC1C[C@H]2O[C@@H]3C=C(C)CC[C@]3(C)[C@]1(C)C21CO1.CC1CC[C@@]2(C)[C@@H](C1)OC1=CC[C@@]2(C)[C@@H]1C. The van der Waals surface area contributed by atoms with Gasteiger partial charge in [0.15, 0.2) is 0 Å². The fourth-order valence-electron chi connectivity index (χ4n) is 9.52. The molecule has 7 rings (SSSR count). The fourth-order valence-corrected chi connectivity index (χ4v) is 9.52. The first-order valence-electron chi connectivity index (χ1n) is 14.8. The molecule has 5 fully saturated rings. The Bertz CT molecular complexity index is 1040. The van der Waals surface area contributed by atoms with Crippen molar-refractivity contribution in [2.75, 3.05) is 6.61 Å². The molecule has 0 aromatic rings. The zero-order chi connectivity index (χ0) is 26.6. The van der Waals surface area contributed by atoms with E-state index in [0.717, 1.165) is 31.8 Å². The molecule has 3 unspecified atom stereocenters. The number of carbonyl (C=O) groups excluding carboxylic acids is 1. The van der Waals surface area contributed by atoms with Gasteiger partial charge in [-0.25, -0.2) is 0 Å². The van der Waals surface area contributed by atoms with Gasteiger partial charge in [-0.05, 0) is 62.9 Å². The molecule has 0 amide bonds. The summed E-state index contributed by atoms with van der Waals surface area (Å²) in [5, 5.41) is 0. The first-order valence-corrected chi connectivity index (χ1v) is 14.8. The fraction of sp³-hybridized carbons (Fsp3) is 0.844. The molecule has 37 heavy (non-hydrogen) atoms. The predicted octanol–water partition coefficient (Wildman–Crippen LogP) is 6.75. The molecule has 0 aromatic heterocycles. The standard InChI is InChI=1S/C17H24O4.C15H24O/c1-10-5-6-15(3)12(7-10)21-14-8-13(20-11(2)18)16(15,4)17(14)9-19-17;1-10-5-7-15(4)13(9-10)16-12-6-8-14(15,3)11(12)2/h7,12-14H,5-6,8-9H2,1-4H3;6,10-11,13H,5,7-9H2,1-4H3/t12-,13?,14-,15+,16-,17?;10?,11-,13-,14+,15+/m11/s1. The average Bonchev–Trinajstić information content (AvgIpc) is 3.57. The quantitative estimate of drug-likeness (QED) is 0.221. The second-order valence-electron chi connectivity index (χ2n) is 14.5. The van der Waals surface area contributed by atoms with Crippen LogP contribution in [0.2, 0.25) is 0 Å². The van der Waals surface area contributed by atoms with Crippen LogP contribution >= 0.6 is 0 Å². The van der Waals surface area contributed by atoms with E-state index < -0.39 is 0 Å². The third-order valence-electron chi connectivity index (χ3n) is 13.0. The lowest BCUT2D eigenvalue weighted by atomic mass is 9.51. The van der Waals surface area contributed by atoms with Gasteiger partial charge in [0.1, 0.15) is 17.8 Å². The van der Waals surface area contributed by atoms with Gasteiger partial charge in [0.25, 0.3) is 0 Å². The number of hydrogen-bond donors (Lipinski definition) is 0. The van der Waals surface area contributed by atoms with Crippen molar-refractivity contribution in [2.45, 2.75) is 130 Å². The summed E-state index contributed by atoms with van der Waals surface area (Å²) in [6.45, 7) is 18.7. The third-order valence-corrected chi connectivity index (χ3v) is 13.0. The molecule has 3 heterocycles. The van der Waals surface area contributed by atoms with Crippen LogP contribution < -0.4 is 0 Å². The van der Waals surface area contributed by atoms with Gasteiger partial charge < -0.3 is 18.9 Å². The minimum Gasteiger partial charge on any atom is -0.494 e. The summed E-state index contributed by atoms with van der Waals surface area (Å²) in [6.07, 6.45) is 13.3. The van der Waals surface area contributed by atoms with E-state index >= 15 is 0 Å². The van der Waals surface area contributed by atoms with Crippen LogP contribution in [0.5, 0.6) is 0 Å². The number of epoxide rings is 1. The highest BCUT2D eigenvalue weighted by Crippen LogP contribution is 2.72. The molecule has 0 radical (unpaired) electrons. The van der Waals surface area contributed by atoms with Crippen molar-refractivity contribution in [2.24, 2.45) is 33.5 Å². The summed E-state index contributed by atoms with van der Waals surface area (Å²) < 4.78 is 24.4. The van der Waals surface area contributed by atoms with Gasteiger partial charge in [-0.1, -0.05) is 53.2 Å². The molecule has 3 saturated heterocycles. The maximum absolute atomic E-state index is 11.6. The molecule has 11 atom stereocenters. The largest absolute Gasteiger partial charge is 0.494 e. The number of esters is 1. The molecule has 4 aliphatic carbocycles.